The number of thiazole rings is 1. The highest BCUT2D eigenvalue weighted by atomic mass is 32.1. The third-order valence-corrected chi connectivity index (χ3v) is 4.73. The summed E-state index contributed by atoms with van der Waals surface area (Å²) in [5.74, 6) is 0.218. The second kappa shape index (κ2) is 7.03. The monoisotopic (exact) mass is 316 g/mol. The summed E-state index contributed by atoms with van der Waals surface area (Å²) in [6.45, 7) is 1.59. The van der Waals surface area contributed by atoms with Crippen LogP contribution >= 0.6 is 11.3 Å². The molecule has 4 nitrogen and oxygen atoms in total. The zero-order valence-corrected chi connectivity index (χ0v) is 13.6. The fourth-order valence-electron chi connectivity index (χ4n) is 2.68. The lowest BCUT2D eigenvalue weighted by atomic mass is 10.1. The van der Waals surface area contributed by atoms with Crippen LogP contribution in [-0.4, -0.2) is 31.2 Å². The molecule has 1 saturated heterocycles. The van der Waals surface area contributed by atoms with E-state index in [1.807, 2.05) is 17.0 Å². The zero-order valence-electron chi connectivity index (χ0n) is 12.7. The number of hydrogen-bond donors (Lipinski definition) is 0. The Morgan fingerprint density at radius 1 is 1.41 bits per heavy atom. The maximum absolute atomic E-state index is 11.9. The van der Waals surface area contributed by atoms with Crippen molar-refractivity contribution in [1.82, 2.24) is 4.98 Å². The van der Waals surface area contributed by atoms with Gasteiger partial charge in [0.15, 0.2) is 0 Å². The number of aryl methyl sites for hydroxylation is 1. The van der Waals surface area contributed by atoms with E-state index in [2.05, 4.69) is 17.5 Å². The van der Waals surface area contributed by atoms with Gasteiger partial charge in [-0.25, -0.2) is 4.98 Å². The smallest absolute Gasteiger partial charge is 0.227 e. The third-order valence-electron chi connectivity index (χ3n) is 3.82. The minimum absolute atomic E-state index is 0.218. The first-order valence-corrected chi connectivity index (χ1v) is 8.50. The van der Waals surface area contributed by atoms with Crippen molar-refractivity contribution in [3.05, 3.63) is 34.7 Å². The molecule has 5 heteroatoms. The average molecular weight is 316 g/mol. The zero-order chi connectivity index (χ0) is 15.4. The molecule has 0 aliphatic carbocycles. The molecule has 0 spiro atoms. The highest BCUT2D eigenvalue weighted by molar-refractivity contribution is 7.09. The number of aromatic nitrogens is 1. The van der Waals surface area contributed by atoms with Gasteiger partial charge in [-0.05, 0) is 25.0 Å². The number of nitrogens with zero attached hydrogens (tertiary/aromatic N) is 2. The van der Waals surface area contributed by atoms with Crippen LogP contribution in [0.2, 0.25) is 0 Å². The molecule has 1 aromatic carbocycles. The van der Waals surface area contributed by atoms with Crippen molar-refractivity contribution in [1.29, 1.82) is 0 Å². The van der Waals surface area contributed by atoms with Crippen molar-refractivity contribution in [2.75, 3.05) is 25.2 Å². The second-order valence-corrected chi connectivity index (χ2v) is 6.36. The molecule has 0 radical (unpaired) electrons. The SMILES string of the molecule is COCCCc1nc(-c2cccc(N3CCCC3=O)c2)cs1. The van der Waals surface area contributed by atoms with Crippen molar-refractivity contribution >= 4 is 22.9 Å². The normalized spacial score (nSPS) is 14.8. The Labute approximate surface area is 134 Å². The Hall–Kier alpha value is -1.72. The van der Waals surface area contributed by atoms with Crippen LogP contribution < -0.4 is 4.90 Å². The van der Waals surface area contributed by atoms with E-state index >= 15 is 0 Å². The summed E-state index contributed by atoms with van der Waals surface area (Å²) in [6.07, 6.45) is 3.54. The summed E-state index contributed by atoms with van der Waals surface area (Å²) in [4.78, 5) is 18.4. The number of ether oxygens (including phenoxy) is 1. The maximum atomic E-state index is 11.9. The van der Waals surface area contributed by atoms with Gasteiger partial charge in [0.05, 0.1) is 10.7 Å². The van der Waals surface area contributed by atoms with Crippen molar-refractivity contribution in [2.45, 2.75) is 25.7 Å². The molecule has 0 N–H and O–H groups in total. The number of methoxy groups -OCH3 is 1. The summed E-state index contributed by atoms with van der Waals surface area (Å²) in [7, 11) is 1.72. The van der Waals surface area contributed by atoms with Crippen molar-refractivity contribution in [2.24, 2.45) is 0 Å². The first kappa shape index (κ1) is 15.2. The molecule has 0 unspecified atom stereocenters. The van der Waals surface area contributed by atoms with Crippen LogP contribution in [0.4, 0.5) is 5.69 Å². The van der Waals surface area contributed by atoms with E-state index in [0.29, 0.717) is 6.42 Å². The van der Waals surface area contributed by atoms with Crippen LogP contribution in [-0.2, 0) is 16.0 Å². The van der Waals surface area contributed by atoms with Crippen LogP contribution in [0.15, 0.2) is 29.6 Å². The van der Waals surface area contributed by atoms with E-state index in [1.165, 1.54) is 0 Å². The van der Waals surface area contributed by atoms with E-state index in [0.717, 1.165) is 54.4 Å². The highest BCUT2D eigenvalue weighted by Crippen LogP contribution is 2.28. The van der Waals surface area contributed by atoms with Gasteiger partial charge in [-0.2, -0.15) is 0 Å². The minimum Gasteiger partial charge on any atom is -0.385 e. The molecule has 3 rings (SSSR count). The Morgan fingerprint density at radius 2 is 2.32 bits per heavy atom. The van der Waals surface area contributed by atoms with Crippen LogP contribution in [0.1, 0.15) is 24.3 Å². The number of anilines is 1. The van der Waals surface area contributed by atoms with Gasteiger partial charge in [-0.3, -0.25) is 4.79 Å². The number of benzene rings is 1. The summed E-state index contributed by atoms with van der Waals surface area (Å²) in [5.41, 5.74) is 3.05. The molecule has 0 saturated carbocycles. The molecular weight excluding hydrogens is 296 g/mol. The molecular formula is C17H20N2O2S. The topological polar surface area (TPSA) is 42.4 Å². The summed E-state index contributed by atoms with van der Waals surface area (Å²) >= 11 is 1.69. The van der Waals surface area contributed by atoms with E-state index in [9.17, 15) is 4.79 Å². The lowest BCUT2D eigenvalue weighted by molar-refractivity contribution is -0.117. The molecule has 22 heavy (non-hydrogen) atoms. The summed E-state index contributed by atoms with van der Waals surface area (Å²) in [5, 5.41) is 3.22. The van der Waals surface area contributed by atoms with Gasteiger partial charge in [0, 0.05) is 49.7 Å². The third kappa shape index (κ3) is 3.36. The van der Waals surface area contributed by atoms with Crippen LogP contribution in [0.3, 0.4) is 0 Å². The Balaban J connectivity index is 1.76. The second-order valence-electron chi connectivity index (χ2n) is 5.42. The molecule has 116 valence electrons. The number of amides is 1. The molecule has 2 heterocycles. The van der Waals surface area contributed by atoms with Gasteiger partial charge in [0.1, 0.15) is 0 Å². The largest absolute Gasteiger partial charge is 0.385 e. The van der Waals surface area contributed by atoms with Gasteiger partial charge in [-0.1, -0.05) is 12.1 Å². The van der Waals surface area contributed by atoms with E-state index < -0.39 is 0 Å². The molecule has 1 amide bonds. The molecule has 1 aromatic heterocycles. The maximum Gasteiger partial charge on any atom is 0.227 e. The number of rotatable bonds is 6. The van der Waals surface area contributed by atoms with E-state index in [1.54, 1.807) is 18.4 Å². The number of carbonyl (C=O) groups is 1. The van der Waals surface area contributed by atoms with Gasteiger partial charge in [-0.15, -0.1) is 11.3 Å². The Kier molecular flexibility index (Phi) is 4.85. The quantitative estimate of drug-likeness (QED) is 0.766. The van der Waals surface area contributed by atoms with Gasteiger partial charge in [0.25, 0.3) is 0 Å². The fraction of sp³-hybridized carbons (Fsp3) is 0.412. The van der Waals surface area contributed by atoms with Gasteiger partial charge < -0.3 is 9.64 Å². The predicted octanol–water partition coefficient (Wildman–Crippen LogP) is 3.52. The first-order chi connectivity index (χ1) is 10.8. The predicted molar refractivity (Wildman–Crippen MR) is 89.3 cm³/mol. The van der Waals surface area contributed by atoms with Crippen molar-refractivity contribution in [3.63, 3.8) is 0 Å². The van der Waals surface area contributed by atoms with Crippen LogP contribution in [0, 0.1) is 0 Å². The Morgan fingerprint density at radius 3 is 3.09 bits per heavy atom. The average Bonchev–Trinajstić information content (AvgIpc) is 3.17. The highest BCUT2D eigenvalue weighted by Gasteiger charge is 2.21. The van der Waals surface area contributed by atoms with Gasteiger partial charge in [0.2, 0.25) is 5.91 Å². The summed E-state index contributed by atoms with van der Waals surface area (Å²) < 4.78 is 5.08. The Bertz CT molecular complexity index is 654. The molecule has 1 aliphatic heterocycles. The van der Waals surface area contributed by atoms with Crippen molar-refractivity contribution in [3.8, 4) is 11.3 Å². The van der Waals surface area contributed by atoms with Crippen molar-refractivity contribution < 1.29 is 9.53 Å². The van der Waals surface area contributed by atoms with E-state index in [4.69, 9.17) is 9.72 Å². The standard InChI is InChI=1S/C17H20N2O2S/c1-21-10-4-7-16-18-15(12-22-16)13-5-2-6-14(11-13)19-9-3-8-17(19)20/h2,5-6,11-12H,3-4,7-10H2,1H3. The number of hydrogen-bond acceptors (Lipinski definition) is 4. The lowest BCUT2D eigenvalue weighted by Gasteiger charge is -2.16. The summed E-state index contributed by atoms with van der Waals surface area (Å²) in [6, 6.07) is 8.12. The van der Waals surface area contributed by atoms with Crippen LogP contribution in [0.5, 0.6) is 0 Å². The van der Waals surface area contributed by atoms with E-state index in [-0.39, 0.29) is 5.91 Å². The molecule has 0 bridgehead atoms. The minimum atomic E-state index is 0.218. The molecule has 0 atom stereocenters. The lowest BCUT2D eigenvalue weighted by Crippen LogP contribution is -2.23. The molecule has 1 fully saturated rings. The van der Waals surface area contributed by atoms with Gasteiger partial charge >= 0.3 is 0 Å². The fourth-order valence-corrected chi connectivity index (χ4v) is 3.53. The number of carbonyl (C=O) groups excluding carboxylic acids is 1. The van der Waals surface area contributed by atoms with Crippen LogP contribution in [0.25, 0.3) is 11.3 Å². The first-order valence-electron chi connectivity index (χ1n) is 7.62. The molecule has 1 aliphatic rings. The molecule has 2 aromatic rings.